The molecule has 0 spiro atoms. The van der Waals surface area contributed by atoms with Crippen molar-refractivity contribution in [1.29, 1.82) is 0 Å². The molecule has 20 heavy (non-hydrogen) atoms. The molecule has 112 valence electrons. The highest BCUT2D eigenvalue weighted by atomic mass is 19.1. The highest BCUT2D eigenvalue weighted by Crippen LogP contribution is 2.21. The molecule has 0 radical (unpaired) electrons. The van der Waals surface area contributed by atoms with Crippen LogP contribution in [0.15, 0.2) is 24.3 Å². The van der Waals surface area contributed by atoms with Gasteiger partial charge in [0.1, 0.15) is 5.82 Å². The Bertz CT molecular complexity index is 427. The summed E-state index contributed by atoms with van der Waals surface area (Å²) in [6, 6.07) is 7.51. The van der Waals surface area contributed by atoms with Gasteiger partial charge in [0, 0.05) is 30.7 Å². The molecule has 1 N–H and O–H groups in total. The van der Waals surface area contributed by atoms with E-state index in [0.29, 0.717) is 6.04 Å². The van der Waals surface area contributed by atoms with E-state index >= 15 is 0 Å². The molecule has 1 aliphatic heterocycles. The van der Waals surface area contributed by atoms with Crippen molar-refractivity contribution in [3.8, 4) is 0 Å². The van der Waals surface area contributed by atoms with Crippen molar-refractivity contribution in [3.05, 3.63) is 35.6 Å². The van der Waals surface area contributed by atoms with E-state index in [2.05, 4.69) is 24.1 Å². The number of hydrogen-bond donors (Lipinski definition) is 1. The third-order valence-electron chi connectivity index (χ3n) is 4.07. The van der Waals surface area contributed by atoms with Crippen LogP contribution in [-0.4, -0.2) is 43.8 Å². The molecule has 1 fully saturated rings. The monoisotopic (exact) mass is 280 g/mol. The van der Waals surface area contributed by atoms with Crippen LogP contribution in [0, 0.1) is 5.82 Å². The average molecular weight is 280 g/mol. The molecule has 3 unspecified atom stereocenters. The Hall–Kier alpha value is -0.970. The molecule has 0 saturated carbocycles. The Morgan fingerprint density at radius 1 is 1.40 bits per heavy atom. The van der Waals surface area contributed by atoms with Crippen LogP contribution in [0.4, 0.5) is 4.39 Å². The third kappa shape index (κ3) is 3.78. The number of nitrogens with zero attached hydrogens (tertiary/aromatic N) is 1. The maximum atomic E-state index is 13.9. The summed E-state index contributed by atoms with van der Waals surface area (Å²) < 4.78 is 19.5. The zero-order valence-corrected chi connectivity index (χ0v) is 12.6. The van der Waals surface area contributed by atoms with E-state index in [1.165, 1.54) is 6.07 Å². The Morgan fingerprint density at radius 3 is 2.85 bits per heavy atom. The van der Waals surface area contributed by atoms with Crippen molar-refractivity contribution in [2.45, 2.75) is 38.5 Å². The van der Waals surface area contributed by atoms with Gasteiger partial charge in [-0.15, -0.1) is 0 Å². The Morgan fingerprint density at radius 2 is 2.15 bits per heavy atom. The van der Waals surface area contributed by atoms with Crippen LogP contribution < -0.4 is 5.32 Å². The highest BCUT2D eigenvalue weighted by molar-refractivity contribution is 5.21. The van der Waals surface area contributed by atoms with Gasteiger partial charge in [-0.2, -0.15) is 0 Å². The van der Waals surface area contributed by atoms with Gasteiger partial charge in [0.2, 0.25) is 0 Å². The summed E-state index contributed by atoms with van der Waals surface area (Å²) >= 11 is 0. The molecule has 4 heteroatoms. The quantitative estimate of drug-likeness (QED) is 0.897. The second kappa shape index (κ2) is 7.16. The summed E-state index contributed by atoms with van der Waals surface area (Å²) in [7, 11) is 1.89. The van der Waals surface area contributed by atoms with Gasteiger partial charge in [-0.3, -0.25) is 4.90 Å². The number of morpholine rings is 1. The predicted octanol–water partition coefficient (Wildman–Crippen LogP) is 2.59. The molecule has 0 amide bonds. The van der Waals surface area contributed by atoms with Crippen LogP contribution in [0.1, 0.15) is 31.9 Å². The first kappa shape index (κ1) is 15.4. The van der Waals surface area contributed by atoms with Gasteiger partial charge in [-0.1, -0.05) is 18.2 Å². The minimum atomic E-state index is -0.129. The fraction of sp³-hybridized carbons (Fsp3) is 0.625. The summed E-state index contributed by atoms with van der Waals surface area (Å²) in [5, 5.41) is 3.23. The second-order valence-corrected chi connectivity index (χ2v) is 5.64. The van der Waals surface area contributed by atoms with Crippen molar-refractivity contribution in [2.24, 2.45) is 0 Å². The zero-order valence-electron chi connectivity index (χ0n) is 12.6. The van der Waals surface area contributed by atoms with Gasteiger partial charge in [0.25, 0.3) is 0 Å². The van der Waals surface area contributed by atoms with E-state index < -0.39 is 0 Å². The van der Waals surface area contributed by atoms with Gasteiger partial charge in [-0.05, 0) is 33.4 Å². The van der Waals surface area contributed by atoms with E-state index in [0.717, 1.165) is 31.7 Å². The van der Waals surface area contributed by atoms with Crippen LogP contribution in [0.2, 0.25) is 0 Å². The topological polar surface area (TPSA) is 24.5 Å². The van der Waals surface area contributed by atoms with Gasteiger partial charge < -0.3 is 10.1 Å². The fourth-order valence-electron chi connectivity index (χ4n) is 2.79. The molecule has 1 aromatic carbocycles. The standard InChI is InChI=1S/C16H25FN2O/c1-12-11-20-13(2)10-19(12)9-8-16(18-3)14-6-4-5-7-15(14)17/h4-7,12-13,16,18H,8-11H2,1-3H3. The van der Waals surface area contributed by atoms with E-state index in [4.69, 9.17) is 4.74 Å². The van der Waals surface area contributed by atoms with Crippen LogP contribution in [0.5, 0.6) is 0 Å². The second-order valence-electron chi connectivity index (χ2n) is 5.64. The summed E-state index contributed by atoms with van der Waals surface area (Å²) in [6.45, 7) is 6.98. The van der Waals surface area contributed by atoms with Gasteiger partial charge in [0.05, 0.1) is 12.7 Å². The Kier molecular flexibility index (Phi) is 5.52. The number of halogens is 1. The van der Waals surface area contributed by atoms with Crippen molar-refractivity contribution >= 4 is 0 Å². The molecule has 3 atom stereocenters. The lowest BCUT2D eigenvalue weighted by Crippen LogP contribution is -2.48. The van der Waals surface area contributed by atoms with Crippen molar-refractivity contribution < 1.29 is 9.13 Å². The van der Waals surface area contributed by atoms with Crippen molar-refractivity contribution in [2.75, 3.05) is 26.7 Å². The lowest BCUT2D eigenvalue weighted by atomic mass is 10.0. The van der Waals surface area contributed by atoms with Gasteiger partial charge in [0.15, 0.2) is 0 Å². The molecular weight excluding hydrogens is 255 g/mol. The number of ether oxygens (including phenoxy) is 1. The largest absolute Gasteiger partial charge is 0.376 e. The van der Waals surface area contributed by atoms with E-state index in [1.807, 2.05) is 19.2 Å². The summed E-state index contributed by atoms with van der Waals surface area (Å²) in [5.41, 5.74) is 0.754. The van der Waals surface area contributed by atoms with Crippen molar-refractivity contribution in [1.82, 2.24) is 10.2 Å². The zero-order chi connectivity index (χ0) is 14.5. The fourth-order valence-corrected chi connectivity index (χ4v) is 2.79. The molecular formula is C16H25FN2O. The Labute approximate surface area is 121 Å². The first-order valence-corrected chi connectivity index (χ1v) is 7.39. The smallest absolute Gasteiger partial charge is 0.127 e. The van der Waals surface area contributed by atoms with Crippen LogP contribution in [0.25, 0.3) is 0 Å². The van der Waals surface area contributed by atoms with Crippen LogP contribution in [-0.2, 0) is 4.74 Å². The van der Waals surface area contributed by atoms with Crippen molar-refractivity contribution in [3.63, 3.8) is 0 Å². The van der Waals surface area contributed by atoms with E-state index in [1.54, 1.807) is 6.07 Å². The minimum absolute atomic E-state index is 0.0570. The van der Waals surface area contributed by atoms with Crippen LogP contribution >= 0.6 is 0 Å². The van der Waals surface area contributed by atoms with E-state index in [-0.39, 0.29) is 18.0 Å². The SMILES string of the molecule is CNC(CCN1CC(C)OCC1C)c1ccccc1F. The molecule has 0 aromatic heterocycles. The summed E-state index contributed by atoms with van der Waals surface area (Å²) in [5.74, 6) is -0.129. The van der Waals surface area contributed by atoms with Crippen LogP contribution in [0.3, 0.4) is 0 Å². The number of benzene rings is 1. The lowest BCUT2D eigenvalue weighted by molar-refractivity contribution is -0.0502. The molecule has 1 aliphatic rings. The number of nitrogens with one attached hydrogen (secondary N) is 1. The minimum Gasteiger partial charge on any atom is -0.376 e. The molecule has 1 heterocycles. The Balaban J connectivity index is 1.95. The molecule has 3 nitrogen and oxygen atoms in total. The molecule has 2 rings (SSSR count). The highest BCUT2D eigenvalue weighted by Gasteiger charge is 2.24. The summed E-state index contributed by atoms with van der Waals surface area (Å²) in [6.07, 6.45) is 1.18. The normalized spacial score (nSPS) is 25.6. The molecule has 0 aliphatic carbocycles. The molecule has 1 aromatic rings. The number of rotatable bonds is 5. The van der Waals surface area contributed by atoms with Gasteiger partial charge >= 0.3 is 0 Å². The summed E-state index contributed by atoms with van der Waals surface area (Å²) in [4.78, 5) is 2.43. The molecule has 1 saturated heterocycles. The van der Waals surface area contributed by atoms with E-state index in [9.17, 15) is 4.39 Å². The first-order chi connectivity index (χ1) is 9.61. The van der Waals surface area contributed by atoms with Gasteiger partial charge in [-0.25, -0.2) is 4.39 Å². The molecule has 0 bridgehead atoms. The average Bonchev–Trinajstić information content (AvgIpc) is 2.45. The lowest BCUT2D eigenvalue weighted by Gasteiger charge is -2.37. The predicted molar refractivity (Wildman–Crippen MR) is 79.3 cm³/mol. The number of hydrogen-bond acceptors (Lipinski definition) is 3. The maximum absolute atomic E-state index is 13.9. The first-order valence-electron chi connectivity index (χ1n) is 7.39. The third-order valence-corrected chi connectivity index (χ3v) is 4.07. The maximum Gasteiger partial charge on any atom is 0.127 e.